The van der Waals surface area contributed by atoms with E-state index in [2.05, 4.69) is 277 Å². The van der Waals surface area contributed by atoms with Crippen LogP contribution in [0.15, 0.2) is 276 Å². The van der Waals surface area contributed by atoms with Crippen molar-refractivity contribution in [3.05, 3.63) is 289 Å². The second-order valence-electron chi connectivity index (χ2n) is 20.7. The number of rotatable bonds is 6. The van der Waals surface area contributed by atoms with E-state index >= 15 is 0 Å². The Bertz CT molecular complexity index is 4910. The van der Waals surface area contributed by atoms with Crippen LogP contribution in [0.25, 0.3) is 98.4 Å². The van der Waals surface area contributed by atoms with E-state index in [-0.39, 0.29) is 0 Å². The van der Waals surface area contributed by atoms with Crippen LogP contribution < -0.4 is 9.80 Å². The molecular formula is C73H44N2O2. The quantitative estimate of drug-likeness (QED) is 0.166. The van der Waals surface area contributed by atoms with Gasteiger partial charge in [-0.1, -0.05) is 164 Å². The maximum Gasteiger partial charge on any atom is 0.137 e. The first-order valence-electron chi connectivity index (χ1n) is 26.5. The molecule has 0 N–H and O–H groups in total. The Kier molecular flexibility index (Phi) is 8.73. The first kappa shape index (κ1) is 42.2. The second-order valence-corrected chi connectivity index (χ2v) is 20.7. The zero-order valence-corrected chi connectivity index (χ0v) is 41.6. The molecule has 2 aliphatic rings. The molecule has 2 aromatic heterocycles. The van der Waals surface area contributed by atoms with E-state index < -0.39 is 5.41 Å². The van der Waals surface area contributed by atoms with Crippen LogP contribution >= 0.6 is 0 Å². The molecule has 1 spiro atoms. The zero-order chi connectivity index (χ0) is 50.3. The van der Waals surface area contributed by atoms with Gasteiger partial charge >= 0.3 is 0 Å². The Hall–Kier alpha value is -10.2. The molecule has 0 atom stereocenters. The third-order valence-corrected chi connectivity index (χ3v) is 16.7. The Labute approximate surface area is 443 Å². The van der Waals surface area contributed by atoms with Gasteiger partial charge < -0.3 is 18.6 Å². The van der Waals surface area contributed by atoms with Crippen molar-refractivity contribution >= 4 is 110 Å². The van der Waals surface area contributed by atoms with E-state index in [0.717, 1.165) is 88.8 Å². The maximum atomic E-state index is 6.79. The maximum absolute atomic E-state index is 6.79. The van der Waals surface area contributed by atoms with Crippen LogP contribution in [0.3, 0.4) is 0 Å². The Morgan fingerprint density at radius 3 is 1.27 bits per heavy atom. The fraction of sp³-hybridized carbons (Fsp3) is 0.0137. The fourth-order valence-electron chi connectivity index (χ4n) is 13.5. The first-order chi connectivity index (χ1) is 38.2. The molecule has 0 fully saturated rings. The highest BCUT2D eigenvalue weighted by molar-refractivity contribution is 6.15. The number of furan rings is 2. The largest absolute Gasteiger partial charge is 0.456 e. The summed E-state index contributed by atoms with van der Waals surface area (Å²) >= 11 is 0. The molecule has 13 aromatic carbocycles. The van der Waals surface area contributed by atoms with E-state index in [1.165, 1.54) is 66.1 Å². The summed E-state index contributed by atoms with van der Waals surface area (Å²) < 4.78 is 13.5. The van der Waals surface area contributed by atoms with Gasteiger partial charge in [-0.05, 0) is 162 Å². The van der Waals surface area contributed by atoms with E-state index in [1.54, 1.807) is 0 Å². The molecule has 2 heterocycles. The monoisotopic (exact) mass is 980 g/mol. The van der Waals surface area contributed by atoms with Gasteiger partial charge in [-0.25, -0.2) is 0 Å². The summed E-state index contributed by atoms with van der Waals surface area (Å²) in [6, 6.07) is 97.8. The van der Waals surface area contributed by atoms with Crippen molar-refractivity contribution in [2.24, 2.45) is 0 Å². The lowest BCUT2D eigenvalue weighted by Gasteiger charge is -2.33. The van der Waals surface area contributed by atoms with Crippen LogP contribution in [0.5, 0.6) is 0 Å². The molecule has 0 bridgehead atoms. The molecule has 2 aliphatic carbocycles. The lowest BCUT2D eigenvalue weighted by Crippen LogP contribution is -2.26. The molecule has 0 aliphatic heterocycles. The van der Waals surface area contributed by atoms with Gasteiger partial charge in [-0.15, -0.1) is 0 Å². The average Bonchev–Trinajstić information content (AvgIpc) is 4.29. The van der Waals surface area contributed by atoms with Crippen LogP contribution in [0.1, 0.15) is 22.3 Å². The van der Waals surface area contributed by atoms with Gasteiger partial charge in [0.2, 0.25) is 0 Å². The number of fused-ring (bicyclic) bond motifs is 20. The molecule has 4 nitrogen and oxygen atoms in total. The van der Waals surface area contributed by atoms with Crippen LogP contribution in [0, 0.1) is 0 Å². The normalized spacial score (nSPS) is 13.0. The Morgan fingerprint density at radius 1 is 0.247 bits per heavy atom. The fourth-order valence-corrected chi connectivity index (χ4v) is 13.5. The molecule has 0 unspecified atom stereocenters. The minimum absolute atomic E-state index is 0.674. The number of nitrogens with zero attached hydrogens (tertiary/aromatic N) is 2. The van der Waals surface area contributed by atoms with Crippen molar-refractivity contribution in [1.82, 2.24) is 0 Å². The van der Waals surface area contributed by atoms with E-state index in [9.17, 15) is 0 Å². The number of para-hydroxylation sites is 2. The molecule has 17 rings (SSSR count). The molecule has 0 radical (unpaired) electrons. The Balaban J connectivity index is 0.916. The van der Waals surface area contributed by atoms with Gasteiger partial charge in [0.15, 0.2) is 0 Å². The van der Waals surface area contributed by atoms with Gasteiger partial charge in [0.1, 0.15) is 22.3 Å². The van der Waals surface area contributed by atoms with Gasteiger partial charge in [0.25, 0.3) is 0 Å². The number of anilines is 6. The van der Waals surface area contributed by atoms with Crippen molar-refractivity contribution in [2.75, 3.05) is 9.80 Å². The summed E-state index contributed by atoms with van der Waals surface area (Å²) in [7, 11) is 0. The highest BCUT2D eigenvalue weighted by Crippen LogP contribution is 2.65. The summed E-state index contributed by atoms with van der Waals surface area (Å²) in [5.74, 6) is 0. The van der Waals surface area contributed by atoms with Gasteiger partial charge in [0.05, 0.1) is 11.1 Å². The molecule has 0 saturated heterocycles. The van der Waals surface area contributed by atoms with Crippen molar-refractivity contribution < 1.29 is 8.83 Å². The van der Waals surface area contributed by atoms with Crippen molar-refractivity contribution in [2.45, 2.75) is 5.41 Å². The highest BCUT2D eigenvalue weighted by Gasteiger charge is 2.53. The molecule has 0 amide bonds. The summed E-state index contributed by atoms with van der Waals surface area (Å²) in [6.07, 6.45) is 0. The predicted molar refractivity (Wildman–Crippen MR) is 319 cm³/mol. The van der Waals surface area contributed by atoms with Crippen molar-refractivity contribution in [3.63, 3.8) is 0 Å². The molecule has 0 saturated carbocycles. The number of hydrogen-bond donors (Lipinski definition) is 0. The van der Waals surface area contributed by atoms with E-state index in [4.69, 9.17) is 8.83 Å². The minimum Gasteiger partial charge on any atom is -0.456 e. The third kappa shape index (κ3) is 5.98. The standard InChI is InChI=1S/C73H44N2O2/c1-3-21-49(22-4-1)74(52-31-34-57-61-37-45-17-7-9-19-47(45)39-68(61)76-70(57)42-52)51-33-36-60-65(41-51)73(63-29-15-13-25-54(63)55-26-14-16-30-64(55)73)66-44-67(56-27-11-12-28-59(56)72(60)66)75(50-23-5-2-6-24-50)53-32-35-58-62-38-46-18-8-10-20-48(46)40-69(62)77-71(58)43-53/h1-44H. The van der Waals surface area contributed by atoms with Gasteiger partial charge in [0, 0.05) is 67.5 Å². The lowest BCUT2D eigenvalue weighted by molar-refractivity contribution is 0.669. The predicted octanol–water partition coefficient (Wildman–Crippen LogP) is 20.2. The molecule has 358 valence electrons. The van der Waals surface area contributed by atoms with Gasteiger partial charge in [-0.3, -0.25) is 0 Å². The lowest BCUT2D eigenvalue weighted by atomic mass is 9.70. The smallest absolute Gasteiger partial charge is 0.137 e. The summed E-state index contributed by atoms with van der Waals surface area (Å²) in [6.45, 7) is 0. The number of hydrogen-bond acceptors (Lipinski definition) is 4. The highest BCUT2D eigenvalue weighted by atomic mass is 16.3. The van der Waals surface area contributed by atoms with Crippen LogP contribution in [0.4, 0.5) is 34.1 Å². The molecular weight excluding hydrogens is 937 g/mol. The Morgan fingerprint density at radius 2 is 0.688 bits per heavy atom. The first-order valence-corrected chi connectivity index (χ1v) is 26.5. The van der Waals surface area contributed by atoms with Crippen LogP contribution in [0.2, 0.25) is 0 Å². The SMILES string of the molecule is c1ccc(N(c2ccc3c(c2)C2(c4ccccc4-c4ccccc42)c2cc(N(c4ccccc4)c4ccc5c(c4)oc4cc6ccccc6cc45)c4ccccc4c2-3)c2ccc3c(c2)oc2cc4ccccc4cc23)cc1. The van der Waals surface area contributed by atoms with Gasteiger partial charge in [-0.2, -0.15) is 0 Å². The van der Waals surface area contributed by atoms with E-state index in [0.29, 0.717) is 0 Å². The summed E-state index contributed by atoms with van der Waals surface area (Å²) in [5.41, 5.74) is 19.2. The topological polar surface area (TPSA) is 32.8 Å². The average molecular weight is 981 g/mol. The second kappa shape index (κ2) is 15.9. The van der Waals surface area contributed by atoms with E-state index in [1.807, 2.05) is 0 Å². The molecule has 15 aromatic rings. The van der Waals surface area contributed by atoms with Crippen molar-refractivity contribution in [3.8, 4) is 22.3 Å². The summed E-state index contributed by atoms with van der Waals surface area (Å²) in [5, 5.41) is 11.5. The third-order valence-electron chi connectivity index (χ3n) is 16.7. The molecule has 4 heteroatoms. The molecule has 77 heavy (non-hydrogen) atoms. The van der Waals surface area contributed by atoms with Crippen LogP contribution in [-0.4, -0.2) is 0 Å². The summed E-state index contributed by atoms with van der Waals surface area (Å²) in [4.78, 5) is 4.83. The van der Waals surface area contributed by atoms with Crippen LogP contribution in [-0.2, 0) is 5.41 Å². The number of benzene rings is 13. The van der Waals surface area contributed by atoms with Crippen molar-refractivity contribution in [1.29, 1.82) is 0 Å². The minimum atomic E-state index is -0.674. The zero-order valence-electron chi connectivity index (χ0n) is 41.6.